The number of likely N-dealkylation sites (tertiary alicyclic amines) is 1. The minimum absolute atomic E-state index is 0.0634. The van der Waals surface area contributed by atoms with Crippen molar-refractivity contribution in [1.82, 2.24) is 10.2 Å². The number of hydrogen-bond donors (Lipinski definition) is 2. The van der Waals surface area contributed by atoms with Gasteiger partial charge in [0, 0.05) is 13.1 Å². The van der Waals surface area contributed by atoms with Gasteiger partial charge in [-0.2, -0.15) is 13.2 Å². The Bertz CT molecular complexity index is 339. The smallest absolute Gasteiger partial charge is 0.354 e. The Labute approximate surface area is 117 Å². The number of nitrogens with zero attached hydrogens (tertiary/aromatic N) is 1. The molecule has 1 fully saturated rings. The summed E-state index contributed by atoms with van der Waals surface area (Å²) in [6, 6.07) is -0.616. The van der Waals surface area contributed by atoms with Gasteiger partial charge in [0.1, 0.15) is 0 Å². The molecule has 2 atom stereocenters. The number of hydrogen-bond acceptors (Lipinski definition) is 3. The van der Waals surface area contributed by atoms with E-state index >= 15 is 0 Å². The van der Waals surface area contributed by atoms with Crippen LogP contribution in [0.3, 0.4) is 0 Å². The van der Waals surface area contributed by atoms with Crippen LogP contribution in [0, 0.1) is 11.3 Å². The predicted molar refractivity (Wildman–Crippen MR) is 71.0 cm³/mol. The zero-order valence-corrected chi connectivity index (χ0v) is 12.3. The summed E-state index contributed by atoms with van der Waals surface area (Å²) in [5.74, 6) is -0.180. The molecule has 1 saturated heterocycles. The summed E-state index contributed by atoms with van der Waals surface area (Å²) in [4.78, 5) is 13.2. The van der Waals surface area contributed by atoms with Gasteiger partial charge in [-0.05, 0) is 24.3 Å². The molecule has 0 radical (unpaired) electrons. The van der Waals surface area contributed by atoms with E-state index in [1.165, 1.54) is 4.90 Å². The van der Waals surface area contributed by atoms with Crippen molar-refractivity contribution < 1.29 is 18.0 Å². The van der Waals surface area contributed by atoms with Crippen LogP contribution in [0.25, 0.3) is 0 Å². The highest BCUT2D eigenvalue weighted by Crippen LogP contribution is 2.22. The highest BCUT2D eigenvalue weighted by atomic mass is 19.4. The van der Waals surface area contributed by atoms with Gasteiger partial charge in [0.15, 0.2) is 0 Å². The summed E-state index contributed by atoms with van der Waals surface area (Å²) in [5.41, 5.74) is 5.49. The summed E-state index contributed by atoms with van der Waals surface area (Å²) in [6.07, 6.45) is -3.49. The molecule has 4 nitrogen and oxygen atoms in total. The van der Waals surface area contributed by atoms with E-state index in [-0.39, 0.29) is 17.2 Å². The molecule has 7 heteroatoms. The molecule has 1 heterocycles. The van der Waals surface area contributed by atoms with Crippen LogP contribution in [-0.4, -0.2) is 49.2 Å². The fourth-order valence-corrected chi connectivity index (χ4v) is 2.22. The number of rotatable bonds is 4. The predicted octanol–water partition coefficient (Wildman–Crippen LogP) is 1.36. The van der Waals surface area contributed by atoms with Crippen LogP contribution < -0.4 is 11.1 Å². The maximum atomic E-state index is 12.3. The Hall–Kier alpha value is -0.820. The number of carbonyl (C=O) groups is 1. The van der Waals surface area contributed by atoms with Crippen LogP contribution in [0.2, 0.25) is 0 Å². The van der Waals surface area contributed by atoms with Crippen molar-refractivity contribution in [1.29, 1.82) is 0 Å². The summed E-state index contributed by atoms with van der Waals surface area (Å²) in [6.45, 7) is 5.92. The lowest BCUT2D eigenvalue weighted by Crippen LogP contribution is -2.49. The Morgan fingerprint density at radius 3 is 2.50 bits per heavy atom. The molecule has 1 amide bonds. The number of nitrogens with two attached hydrogens (primary N) is 1. The molecular formula is C13H24F3N3O. The van der Waals surface area contributed by atoms with Crippen LogP contribution in [0.4, 0.5) is 13.2 Å². The van der Waals surface area contributed by atoms with Crippen molar-refractivity contribution in [2.24, 2.45) is 17.1 Å². The molecule has 0 aromatic rings. The van der Waals surface area contributed by atoms with Gasteiger partial charge in [-0.15, -0.1) is 0 Å². The third-order valence-electron chi connectivity index (χ3n) is 3.55. The molecule has 0 spiro atoms. The quantitative estimate of drug-likeness (QED) is 0.823. The maximum absolute atomic E-state index is 12.3. The first-order valence-electron chi connectivity index (χ1n) is 6.81. The average Bonchev–Trinajstić information content (AvgIpc) is 2.68. The van der Waals surface area contributed by atoms with Gasteiger partial charge in [0.05, 0.1) is 12.6 Å². The molecule has 0 saturated carbocycles. The van der Waals surface area contributed by atoms with Gasteiger partial charge in [-0.3, -0.25) is 9.69 Å². The lowest BCUT2D eigenvalue weighted by molar-refractivity contribution is -0.143. The first-order valence-corrected chi connectivity index (χ1v) is 6.81. The molecule has 2 unspecified atom stereocenters. The van der Waals surface area contributed by atoms with Crippen LogP contribution in [0.1, 0.15) is 27.2 Å². The highest BCUT2D eigenvalue weighted by Gasteiger charge is 2.34. The van der Waals surface area contributed by atoms with Crippen LogP contribution in [-0.2, 0) is 4.79 Å². The molecule has 1 aliphatic heterocycles. The Morgan fingerprint density at radius 2 is 2.00 bits per heavy atom. The second kappa shape index (κ2) is 6.30. The van der Waals surface area contributed by atoms with E-state index in [1.54, 1.807) is 0 Å². The largest absolute Gasteiger partial charge is 0.401 e. The SMILES string of the molecule is CC(C)(C)C(N)C(=O)NCC1CCN(CC(F)(F)F)C1. The van der Waals surface area contributed by atoms with Crippen molar-refractivity contribution in [2.75, 3.05) is 26.2 Å². The minimum Gasteiger partial charge on any atom is -0.354 e. The first-order chi connectivity index (χ1) is 8.99. The van der Waals surface area contributed by atoms with Crippen molar-refractivity contribution in [3.8, 4) is 0 Å². The van der Waals surface area contributed by atoms with E-state index < -0.39 is 18.8 Å². The Morgan fingerprint density at radius 1 is 1.40 bits per heavy atom. The molecule has 1 aliphatic rings. The number of amides is 1. The molecule has 1 rings (SSSR count). The topological polar surface area (TPSA) is 58.4 Å². The van der Waals surface area contributed by atoms with Crippen molar-refractivity contribution in [3.63, 3.8) is 0 Å². The van der Waals surface area contributed by atoms with E-state index in [9.17, 15) is 18.0 Å². The maximum Gasteiger partial charge on any atom is 0.401 e. The molecule has 3 N–H and O–H groups in total. The van der Waals surface area contributed by atoms with E-state index in [4.69, 9.17) is 5.73 Å². The lowest BCUT2D eigenvalue weighted by Gasteiger charge is -2.26. The van der Waals surface area contributed by atoms with Gasteiger partial charge in [0.2, 0.25) is 5.91 Å². The lowest BCUT2D eigenvalue weighted by atomic mass is 9.87. The van der Waals surface area contributed by atoms with Crippen molar-refractivity contribution in [3.05, 3.63) is 0 Å². The second-order valence-electron chi connectivity index (χ2n) is 6.59. The monoisotopic (exact) mass is 295 g/mol. The number of halogens is 3. The van der Waals surface area contributed by atoms with Crippen LogP contribution in [0.5, 0.6) is 0 Å². The third kappa shape index (κ3) is 5.66. The summed E-state index contributed by atoms with van der Waals surface area (Å²) in [5, 5.41) is 2.74. The van der Waals surface area contributed by atoms with E-state index in [0.29, 0.717) is 26.1 Å². The van der Waals surface area contributed by atoms with Gasteiger partial charge < -0.3 is 11.1 Å². The van der Waals surface area contributed by atoms with E-state index in [2.05, 4.69) is 5.32 Å². The molecule has 118 valence electrons. The van der Waals surface area contributed by atoms with Crippen molar-refractivity contribution in [2.45, 2.75) is 39.4 Å². The van der Waals surface area contributed by atoms with Crippen LogP contribution in [0.15, 0.2) is 0 Å². The van der Waals surface area contributed by atoms with Gasteiger partial charge in [-0.25, -0.2) is 0 Å². The van der Waals surface area contributed by atoms with Gasteiger partial charge in [-0.1, -0.05) is 20.8 Å². The van der Waals surface area contributed by atoms with E-state index in [0.717, 1.165) is 0 Å². The van der Waals surface area contributed by atoms with Crippen molar-refractivity contribution >= 4 is 5.91 Å². The highest BCUT2D eigenvalue weighted by molar-refractivity contribution is 5.82. The summed E-state index contributed by atoms with van der Waals surface area (Å²) in [7, 11) is 0. The van der Waals surface area contributed by atoms with Gasteiger partial charge in [0.25, 0.3) is 0 Å². The Balaban J connectivity index is 2.33. The standard InChI is InChI=1S/C13H24F3N3O/c1-12(2,3)10(17)11(20)18-6-9-4-5-19(7-9)8-13(14,15)16/h9-10H,4-8,17H2,1-3H3,(H,18,20). The number of alkyl halides is 3. The minimum atomic E-state index is -4.16. The molecule has 0 aliphatic carbocycles. The first kappa shape index (κ1) is 17.2. The second-order valence-corrected chi connectivity index (χ2v) is 6.59. The molecule has 20 heavy (non-hydrogen) atoms. The fraction of sp³-hybridized carbons (Fsp3) is 0.923. The number of nitrogens with one attached hydrogen (secondary N) is 1. The molecular weight excluding hydrogens is 271 g/mol. The summed E-state index contributed by atoms with van der Waals surface area (Å²) >= 11 is 0. The zero-order valence-electron chi connectivity index (χ0n) is 12.3. The van der Waals surface area contributed by atoms with Gasteiger partial charge >= 0.3 is 6.18 Å². The average molecular weight is 295 g/mol. The fourth-order valence-electron chi connectivity index (χ4n) is 2.22. The Kier molecular flexibility index (Phi) is 5.43. The molecule has 0 aromatic carbocycles. The normalized spacial score (nSPS) is 22.9. The number of carbonyl (C=O) groups excluding carboxylic acids is 1. The zero-order chi connectivity index (χ0) is 15.6. The molecule has 0 bridgehead atoms. The summed E-state index contributed by atoms with van der Waals surface area (Å²) < 4.78 is 36.8. The van der Waals surface area contributed by atoms with Crippen LogP contribution >= 0.6 is 0 Å². The molecule has 0 aromatic heterocycles. The third-order valence-corrected chi connectivity index (χ3v) is 3.55. The van der Waals surface area contributed by atoms with E-state index in [1.807, 2.05) is 20.8 Å².